The Labute approximate surface area is 185 Å². The number of benzene rings is 2. The zero-order chi connectivity index (χ0) is 24.3. The standard InChI is InChI=1S/C14H20O5.C8H8O5/c1-16-7-11-5-10(14(15)19-4)6-12(8-17-2)13(11)9-18-3;1-13-8(12)4-2-5(9)7(11)6(10)3-4/h5-6H,7-9H2,1-4H3;2-3,9-11H,1H3. The Morgan fingerprint density at radius 2 is 1.03 bits per heavy atom. The van der Waals surface area contributed by atoms with Crippen LogP contribution < -0.4 is 0 Å². The summed E-state index contributed by atoms with van der Waals surface area (Å²) >= 11 is 0. The number of carbonyl (C=O) groups excluding carboxylic acids is 2. The number of carbonyl (C=O) groups is 2. The zero-order valence-electron chi connectivity index (χ0n) is 18.6. The lowest BCUT2D eigenvalue weighted by atomic mass is 9.98. The van der Waals surface area contributed by atoms with E-state index in [4.69, 9.17) is 34.3 Å². The number of ether oxygens (including phenoxy) is 5. The lowest BCUT2D eigenvalue weighted by Crippen LogP contribution is -2.09. The minimum atomic E-state index is -0.703. The summed E-state index contributed by atoms with van der Waals surface area (Å²) in [7, 11) is 7.37. The first kappa shape index (κ1) is 26.7. The molecule has 0 bridgehead atoms. The summed E-state index contributed by atoms with van der Waals surface area (Å²) in [6, 6.07) is 5.54. The molecule has 0 radical (unpaired) electrons. The molecule has 10 nitrogen and oxygen atoms in total. The molecule has 0 amide bonds. The van der Waals surface area contributed by atoms with E-state index in [0.29, 0.717) is 25.4 Å². The van der Waals surface area contributed by atoms with E-state index in [2.05, 4.69) is 4.74 Å². The van der Waals surface area contributed by atoms with Crippen LogP contribution in [0.5, 0.6) is 17.2 Å². The minimum absolute atomic E-state index is 0.0321. The van der Waals surface area contributed by atoms with Crippen molar-refractivity contribution in [3.63, 3.8) is 0 Å². The molecular formula is C22H28O10. The van der Waals surface area contributed by atoms with Crippen molar-refractivity contribution in [2.75, 3.05) is 35.5 Å². The number of hydrogen-bond donors (Lipinski definition) is 3. The predicted octanol–water partition coefficient (Wildman–Crippen LogP) is 2.50. The van der Waals surface area contributed by atoms with Crippen molar-refractivity contribution >= 4 is 11.9 Å². The first-order valence-corrected chi connectivity index (χ1v) is 9.26. The van der Waals surface area contributed by atoms with Gasteiger partial charge in [0.05, 0.1) is 45.2 Å². The fraction of sp³-hybridized carbons (Fsp3) is 0.364. The molecule has 10 heteroatoms. The molecule has 2 aromatic rings. The van der Waals surface area contributed by atoms with Gasteiger partial charge in [-0.3, -0.25) is 0 Å². The van der Waals surface area contributed by atoms with E-state index in [1.54, 1.807) is 33.5 Å². The smallest absolute Gasteiger partial charge is 0.338 e. The van der Waals surface area contributed by atoms with Gasteiger partial charge in [0.2, 0.25) is 0 Å². The maximum Gasteiger partial charge on any atom is 0.338 e. The van der Waals surface area contributed by atoms with Crippen LogP contribution in [-0.4, -0.2) is 62.8 Å². The second-order valence-corrected chi connectivity index (χ2v) is 6.42. The highest BCUT2D eigenvalue weighted by atomic mass is 16.5. The highest BCUT2D eigenvalue weighted by molar-refractivity contribution is 5.91. The van der Waals surface area contributed by atoms with Crippen molar-refractivity contribution in [1.29, 1.82) is 0 Å². The second-order valence-electron chi connectivity index (χ2n) is 6.42. The van der Waals surface area contributed by atoms with E-state index in [-0.39, 0.29) is 11.5 Å². The number of esters is 2. The number of aromatic hydroxyl groups is 3. The Kier molecular flexibility index (Phi) is 11.0. The molecule has 0 atom stereocenters. The number of rotatable bonds is 8. The van der Waals surface area contributed by atoms with E-state index in [1.807, 2.05) is 0 Å². The molecule has 0 saturated carbocycles. The van der Waals surface area contributed by atoms with Crippen LogP contribution in [0.3, 0.4) is 0 Å². The third-order valence-electron chi connectivity index (χ3n) is 4.23. The van der Waals surface area contributed by atoms with E-state index in [0.717, 1.165) is 28.8 Å². The summed E-state index contributed by atoms with van der Waals surface area (Å²) in [5.41, 5.74) is 3.24. The average Bonchev–Trinajstić information content (AvgIpc) is 2.78. The van der Waals surface area contributed by atoms with Crippen LogP contribution in [0.4, 0.5) is 0 Å². The molecule has 0 aliphatic heterocycles. The maximum atomic E-state index is 11.7. The van der Waals surface area contributed by atoms with Gasteiger partial charge in [-0.25, -0.2) is 9.59 Å². The molecule has 3 N–H and O–H groups in total. The van der Waals surface area contributed by atoms with Gasteiger partial charge in [0, 0.05) is 21.3 Å². The molecule has 176 valence electrons. The van der Waals surface area contributed by atoms with Gasteiger partial charge < -0.3 is 39.0 Å². The monoisotopic (exact) mass is 452 g/mol. The van der Waals surface area contributed by atoms with Crippen LogP contribution in [0.25, 0.3) is 0 Å². The summed E-state index contributed by atoms with van der Waals surface area (Å²) in [6.07, 6.45) is 0. The molecule has 0 aromatic heterocycles. The van der Waals surface area contributed by atoms with Crippen molar-refractivity contribution in [2.45, 2.75) is 19.8 Å². The lowest BCUT2D eigenvalue weighted by molar-refractivity contribution is 0.0591. The van der Waals surface area contributed by atoms with Crippen LogP contribution in [0, 0.1) is 0 Å². The highest BCUT2D eigenvalue weighted by Crippen LogP contribution is 2.35. The van der Waals surface area contributed by atoms with Gasteiger partial charge in [-0.05, 0) is 41.0 Å². The van der Waals surface area contributed by atoms with Crippen molar-refractivity contribution in [3.05, 3.63) is 52.1 Å². The highest BCUT2D eigenvalue weighted by Gasteiger charge is 2.15. The van der Waals surface area contributed by atoms with Gasteiger partial charge in [-0.15, -0.1) is 0 Å². The van der Waals surface area contributed by atoms with Crippen LogP contribution >= 0.6 is 0 Å². The van der Waals surface area contributed by atoms with Crippen molar-refractivity contribution in [2.24, 2.45) is 0 Å². The van der Waals surface area contributed by atoms with E-state index in [9.17, 15) is 9.59 Å². The molecule has 0 aliphatic carbocycles. The molecular weight excluding hydrogens is 424 g/mol. The number of phenolic OH excluding ortho intramolecular Hbond substituents is 3. The number of phenols is 3. The average molecular weight is 452 g/mol. The summed E-state index contributed by atoms with van der Waals surface area (Å²) in [5, 5.41) is 26.9. The number of methoxy groups -OCH3 is 5. The molecule has 0 aliphatic rings. The molecule has 0 fully saturated rings. The Bertz CT molecular complexity index is 873. The van der Waals surface area contributed by atoms with Crippen molar-refractivity contribution in [3.8, 4) is 17.2 Å². The molecule has 0 saturated heterocycles. The zero-order valence-corrected chi connectivity index (χ0v) is 18.6. The van der Waals surface area contributed by atoms with Gasteiger partial charge >= 0.3 is 11.9 Å². The molecule has 0 heterocycles. The number of hydrogen-bond acceptors (Lipinski definition) is 10. The Balaban J connectivity index is 0.000000343. The van der Waals surface area contributed by atoms with Gasteiger partial charge in [-0.1, -0.05) is 0 Å². The quantitative estimate of drug-likeness (QED) is 0.404. The third kappa shape index (κ3) is 7.12. The SMILES string of the molecule is COC(=O)c1cc(O)c(O)c(O)c1.COCc1cc(C(=O)OC)cc(COC)c1COC. The molecule has 0 spiro atoms. The minimum Gasteiger partial charge on any atom is -0.504 e. The van der Waals surface area contributed by atoms with Crippen LogP contribution in [-0.2, 0) is 43.5 Å². The van der Waals surface area contributed by atoms with Crippen LogP contribution in [0.15, 0.2) is 24.3 Å². The Hall–Kier alpha value is -3.34. The fourth-order valence-electron chi connectivity index (χ4n) is 2.77. The van der Waals surface area contributed by atoms with Gasteiger partial charge in [0.1, 0.15) is 0 Å². The van der Waals surface area contributed by atoms with Crippen molar-refractivity contribution in [1.82, 2.24) is 0 Å². The van der Waals surface area contributed by atoms with Crippen LogP contribution in [0.2, 0.25) is 0 Å². The predicted molar refractivity (Wildman–Crippen MR) is 113 cm³/mol. The molecule has 2 rings (SSSR count). The first-order chi connectivity index (χ1) is 15.2. The lowest BCUT2D eigenvalue weighted by Gasteiger charge is -2.15. The van der Waals surface area contributed by atoms with E-state index >= 15 is 0 Å². The van der Waals surface area contributed by atoms with E-state index < -0.39 is 23.2 Å². The molecule has 0 unspecified atom stereocenters. The first-order valence-electron chi connectivity index (χ1n) is 9.26. The second kappa shape index (κ2) is 13.2. The third-order valence-corrected chi connectivity index (χ3v) is 4.23. The summed E-state index contributed by atoms with van der Waals surface area (Å²) in [4.78, 5) is 22.6. The van der Waals surface area contributed by atoms with Gasteiger partial charge in [0.15, 0.2) is 17.2 Å². The van der Waals surface area contributed by atoms with Crippen LogP contribution in [0.1, 0.15) is 37.4 Å². The Morgan fingerprint density at radius 1 is 0.656 bits per heavy atom. The van der Waals surface area contributed by atoms with Crippen molar-refractivity contribution < 1.29 is 48.6 Å². The normalized spacial score (nSPS) is 10.2. The fourth-order valence-corrected chi connectivity index (χ4v) is 2.77. The summed E-state index contributed by atoms with van der Waals surface area (Å²) in [5.74, 6) is -2.88. The maximum absolute atomic E-state index is 11.7. The van der Waals surface area contributed by atoms with E-state index in [1.165, 1.54) is 14.2 Å². The largest absolute Gasteiger partial charge is 0.504 e. The summed E-state index contributed by atoms with van der Waals surface area (Å²) in [6.45, 7) is 1.25. The Morgan fingerprint density at radius 3 is 1.38 bits per heavy atom. The topological polar surface area (TPSA) is 141 Å². The molecule has 2 aromatic carbocycles. The summed E-state index contributed by atoms with van der Waals surface area (Å²) < 4.78 is 24.6. The van der Waals surface area contributed by atoms with Gasteiger partial charge in [-0.2, -0.15) is 0 Å². The van der Waals surface area contributed by atoms with Gasteiger partial charge in [0.25, 0.3) is 0 Å². The molecule has 32 heavy (non-hydrogen) atoms.